The van der Waals surface area contributed by atoms with Crippen molar-refractivity contribution in [1.29, 1.82) is 0 Å². The summed E-state index contributed by atoms with van der Waals surface area (Å²) in [4.78, 5) is 2.47. The normalized spacial score (nSPS) is 13.0. The molecule has 2 aliphatic carbocycles. The van der Waals surface area contributed by atoms with Gasteiger partial charge in [0, 0.05) is 16.8 Å². The zero-order chi connectivity index (χ0) is 40.3. The van der Waals surface area contributed by atoms with Crippen molar-refractivity contribution in [1.82, 2.24) is 0 Å². The largest absolute Gasteiger partial charge is 0.310 e. The molecule has 0 unspecified atom stereocenters. The molecule has 0 radical (unpaired) electrons. The Hall–Kier alpha value is -7.74. The Kier molecular flexibility index (Phi) is 8.21. The Labute approximate surface area is 357 Å². The van der Waals surface area contributed by atoms with Gasteiger partial charge in [-0.25, -0.2) is 0 Å². The lowest BCUT2D eigenvalue weighted by Crippen LogP contribution is -2.28. The molecule has 0 aromatic heterocycles. The van der Waals surface area contributed by atoms with Crippen molar-refractivity contribution in [3.8, 4) is 44.5 Å². The topological polar surface area (TPSA) is 3.24 Å². The number of nitrogens with zero attached hydrogens (tertiary/aromatic N) is 1. The molecule has 0 fully saturated rings. The van der Waals surface area contributed by atoms with Gasteiger partial charge in [0.15, 0.2) is 0 Å². The Morgan fingerprint density at radius 1 is 0.311 bits per heavy atom. The van der Waals surface area contributed by atoms with Crippen LogP contribution in [-0.4, -0.2) is 0 Å². The van der Waals surface area contributed by atoms with Gasteiger partial charge in [0.05, 0.1) is 11.1 Å². The second kappa shape index (κ2) is 14.2. The van der Waals surface area contributed by atoms with E-state index >= 15 is 0 Å². The third-order valence-corrected chi connectivity index (χ3v) is 13.2. The van der Waals surface area contributed by atoms with Crippen molar-refractivity contribution in [3.05, 3.63) is 270 Å². The lowest BCUT2D eigenvalue weighted by atomic mass is 9.67. The van der Waals surface area contributed by atoms with Crippen molar-refractivity contribution >= 4 is 27.8 Å². The van der Waals surface area contributed by atoms with Crippen LogP contribution in [-0.2, 0) is 11.8 Å². The molecule has 12 rings (SSSR count). The molecule has 0 saturated heterocycles. The van der Waals surface area contributed by atoms with Crippen LogP contribution >= 0.6 is 0 Å². The van der Waals surface area contributed by atoms with E-state index in [2.05, 4.69) is 241 Å². The molecule has 61 heavy (non-hydrogen) atoms. The molecule has 0 bridgehead atoms. The van der Waals surface area contributed by atoms with Crippen LogP contribution in [0.15, 0.2) is 237 Å². The average Bonchev–Trinajstić information content (AvgIpc) is 3.86. The minimum Gasteiger partial charge on any atom is -0.310 e. The fraction of sp³-hybridized carbons (Fsp3) is 0.0333. The molecule has 10 aromatic carbocycles. The lowest BCUT2D eigenvalue weighted by Gasteiger charge is -2.33. The molecule has 0 heterocycles. The molecular formula is C60H41N. The van der Waals surface area contributed by atoms with Crippen LogP contribution < -0.4 is 4.90 Å². The maximum absolute atomic E-state index is 2.47. The zero-order valence-electron chi connectivity index (χ0n) is 33.7. The Bertz CT molecular complexity index is 3230. The van der Waals surface area contributed by atoms with Gasteiger partial charge in [-0.05, 0) is 126 Å². The van der Waals surface area contributed by atoms with E-state index < -0.39 is 5.41 Å². The highest BCUT2D eigenvalue weighted by Crippen LogP contribution is 2.57. The predicted molar refractivity (Wildman–Crippen MR) is 255 cm³/mol. The van der Waals surface area contributed by atoms with Gasteiger partial charge in [-0.3, -0.25) is 0 Å². The van der Waals surface area contributed by atoms with E-state index in [1.807, 2.05) is 0 Å². The molecule has 0 spiro atoms. The second-order valence-electron chi connectivity index (χ2n) is 16.4. The highest BCUT2D eigenvalue weighted by atomic mass is 15.1. The van der Waals surface area contributed by atoms with E-state index in [1.165, 1.54) is 88.7 Å². The fourth-order valence-corrected chi connectivity index (χ4v) is 10.5. The molecule has 10 aromatic rings. The predicted octanol–water partition coefficient (Wildman–Crippen LogP) is 15.6. The molecule has 0 amide bonds. The second-order valence-corrected chi connectivity index (χ2v) is 16.4. The summed E-state index contributed by atoms with van der Waals surface area (Å²) in [7, 11) is 0. The summed E-state index contributed by atoms with van der Waals surface area (Å²) in [6, 6.07) is 87.5. The van der Waals surface area contributed by atoms with Gasteiger partial charge in [-0.2, -0.15) is 0 Å². The maximum Gasteiger partial charge on any atom is 0.0713 e. The van der Waals surface area contributed by atoms with E-state index in [0.717, 1.165) is 23.5 Å². The number of benzene rings is 10. The van der Waals surface area contributed by atoms with Crippen LogP contribution in [0.1, 0.15) is 33.4 Å². The van der Waals surface area contributed by atoms with Gasteiger partial charge in [0.25, 0.3) is 0 Å². The minimum atomic E-state index is -0.426. The molecular weight excluding hydrogens is 735 g/mol. The summed E-state index contributed by atoms with van der Waals surface area (Å²) in [5, 5.41) is 2.43. The molecule has 0 atom stereocenters. The SMILES string of the molecule is c1ccc(-c2cccc(N(c3ccc4c(c3)Cc3ccccc3-4)c3ccc(-c4ccc5c(c4)-c4ccccc4C5(c4ccccc4)c4ccccc4)c4ccccc34)c2)cc1. The lowest BCUT2D eigenvalue weighted by molar-refractivity contribution is 0.768. The summed E-state index contributed by atoms with van der Waals surface area (Å²) in [5.41, 5.74) is 21.0. The van der Waals surface area contributed by atoms with Gasteiger partial charge >= 0.3 is 0 Å². The summed E-state index contributed by atoms with van der Waals surface area (Å²) in [6.45, 7) is 0. The third kappa shape index (κ3) is 5.55. The van der Waals surface area contributed by atoms with Gasteiger partial charge in [-0.15, -0.1) is 0 Å². The monoisotopic (exact) mass is 775 g/mol. The first-order valence-electron chi connectivity index (χ1n) is 21.3. The van der Waals surface area contributed by atoms with E-state index in [-0.39, 0.29) is 0 Å². The van der Waals surface area contributed by atoms with Crippen LogP contribution in [0.4, 0.5) is 17.1 Å². The Morgan fingerprint density at radius 3 is 1.69 bits per heavy atom. The summed E-state index contributed by atoms with van der Waals surface area (Å²) < 4.78 is 0. The van der Waals surface area contributed by atoms with Gasteiger partial charge in [0.2, 0.25) is 0 Å². The van der Waals surface area contributed by atoms with Gasteiger partial charge in [0.1, 0.15) is 0 Å². The van der Waals surface area contributed by atoms with Crippen molar-refractivity contribution in [2.75, 3.05) is 4.90 Å². The number of fused-ring (bicyclic) bond motifs is 7. The van der Waals surface area contributed by atoms with Gasteiger partial charge in [-0.1, -0.05) is 200 Å². The highest BCUT2D eigenvalue weighted by Gasteiger charge is 2.46. The van der Waals surface area contributed by atoms with Crippen LogP contribution in [0, 0.1) is 0 Å². The number of rotatable bonds is 7. The first-order valence-corrected chi connectivity index (χ1v) is 21.3. The molecule has 1 heteroatoms. The molecule has 1 nitrogen and oxygen atoms in total. The minimum absolute atomic E-state index is 0.426. The maximum atomic E-state index is 2.47. The number of anilines is 3. The summed E-state index contributed by atoms with van der Waals surface area (Å²) in [5.74, 6) is 0. The number of hydrogen-bond donors (Lipinski definition) is 0. The quantitative estimate of drug-likeness (QED) is 0.156. The standard InChI is InChI=1S/C60H41N/c1-4-17-41(18-5-1)42-20-16-25-48(38-42)61(49-32-33-52-45(39-49)37-43-19-10-11-26-50(43)52)59-36-34-51(53-27-12-13-29-55(53)59)44-31-35-58-56(40-44)54-28-14-15-30-57(54)60(58,46-21-6-2-7-22-46)47-23-8-3-9-24-47/h1-36,38-40H,37H2. The Morgan fingerprint density at radius 2 is 0.902 bits per heavy atom. The van der Waals surface area contributed by atoms with Crippen molar-refractivity contribution in [3.63, 3.8) is 0 Å². The summed E-state index contributed by atoms with van der Waals surface area (Å²) in [6.07, 6.45) is 0.939. The van der Waals surface area contributed by atoms with E-state index in [0.29, 0.717) is 0 Å². The van der Waals surface area contributed by atoms with E-state index in [9.17, 15) is 0 Å². The van der Waals surface area contributed by atoms with Gasteiger partial charge < -0.3 is 4.90 Å². The molecule has 0 saturated carbocycles. The van der Waals surface area contributed by atoms with Crippen molar-refractivity contribution in [2.45, 2.75) is 11.8 Å². The summed E-state index contributed by atoms with van der Waals surface area (Å²) >= 11 is 0. The van der Waals surface area contributed by atoms with E-state index in [4.69, 9.17) is 0 Å². The highest BCUT2D eigenvalue weighted by molar-refractivity contribution is 6.07. The van der Waals surface area contributed by atoms with Crippen LogP contribution in [0.25, 0.3) is 55.3 Å². The van der Waals surface area contributed by atoms with Crippen LogP contribution in [0.2, 0.25) is 0 Å². The molecule has 0 aliphatic heterocycles. The molecule has 286 valence electrons. The number of hydrogen-bond acceptors (Lipinski definition) is 1. The van der Waals surface area contributed by atoms with Crippen LogP contribution in [0.3, 0.4) is 0 Å². The zero-order valence-corrected chi connectivity index (χ0v) is 33.7. The molecule has 0 N–H and O–H groups in total. The van der Waals surface area contributed by atoms with Crippen LogP contribution in [0.5, 0.6) is 0 Å². The van der Waals surface area contributed by atoms with E-state index in [1.54, 1.807) is 0 Å². The first kappa shape index (κ1) is 35.2. The molecule has 2 aliphatic rings. The average molecular weight is 776 g/mol. The van der Waals surface area contributed by atoms with Crippen molar-refractivity contribution in [2.24, 2.45) is 0 Å². The third-order valence-electron chi connectivity index (χ3n) is 13.2. The Balaban J connectivity index is 1.04. The first-order chi connectivity index (χ1) is 30.3. The fourth-order valence-electron chi connectivity index (χ4n) is 10.5. The smallest absolute Gasteiger partial charge is 0.0713 e. The van der Waals surface area contributed by atoms with Crippen molar-refractivity contribution < 1.29 is 0 Å².